The van der Waals surface area contributed by atoms with Crippen LogP contribution in [0.2, 0.25) is 5.02 Å². The molecule has 0 aromatic heterocycles. The number of ether oxygens (including phenoxy) is 4. The van der Waals surface area contributed by atoms with Crippen molar-refractivity contribution in [3.05, 3.63) is 35.4 Å². The third-order valence-corrected chi connectivity index (χ3v) is 4.49. The average molecular weight is 464 g/mol. The number of azo groups is 1. The van der Waals surface area contributed by atoms with Crippen LogP contribution in [0, 0.1) is 0 Å². The number of methoxy groups -OCH3 is 2. The van der Waals surface area contributed by atoms with Crippen LogP contribution in [-0.2, 0) is 9.59 Å². The first-order chi connectivity index (χ1) is 15.3. The second-order valence-electron chi connectivity index (χ2n) is 6.44. The molecule has 0 spiro atoms. The maximum Gasteiger partial charge on any atom is 0.258 e. The number of nitrogens with zero attached hydrogens (tertiary/aromatic N) is 2. The number of hydrogen-bond donors (Lipinski definition) is 1. The lowest BCUT2D eigenvalue weighted by atomic mass is 10.2. The van der Waals surface area contributed by atoms with E-state index in [1.807, 2.05) is 13.8 Å². The van der Waals surface area contributed by atoms with Crippen LogP contribution in [0.5, 0.6) is 23.0 Å². The molecular weight excluding hydrogens is 438 g/mol. The van der Waals surface area contributed by atoms with Crippen molar-refractivity contribution in [3.8, 4) is 23.0 Å². The summed E-state index contributed by atoms with van der Waals surface area (Å²) in [5, 5.41) is 10.9. The zero-order valence-corrected chi connectivity index (χ0v) is 19.4. The molecule has 0 heterocycles. The van der Waals surface area contributed by atoms with E-state index in [-0.39, 0.29) is 5.02 Å². The third kappa shape index (κ3) is 6.58. The number of rotatable bonds is 11. The summed E-state index contributed by atoms with van der Waals surface area (Å²) in [7, 11) is 2.87. The molecule has 0 fully saturated rings. The zero-order valence-electron chi connectivity index (χ0n) is 18.6. The number of anilines is 1. The zero-order chi connectivity index (χ0) is 23.7. The summed E-state index contributed by atoms with van der Waals surface area (Å²) < 4.78 is 21.4. The standard InChI is InChI=1S/C22H26ClN3O6/c1-6-31-16-8-15(9-17(12-16)32-7-2)25-26-21(13(3)27)22(28)24-14-10-18(29-4)20(23)19(11-14)30-5/h8-12,21H,6-7H2,1-5H3,(H,24,28). The smallest absolute Gasteiger partial charge is 0.258 e. The van der Waals surface area contributed by atoms with Gasteiger partial charge in [-0.3, -0.25) is 9.59 Å². The van der Waals surface area contributed by atoms with Crippen molar-refractivity contribution in [2.24, 2.45) is 10.2 Å². The number of carbonyl (C=O) groups excluding carboxylic acids is 2. The highest BCUT2D eigenvalue weighted by molar-refractivity contribution is 6.33. The van der Waals surface area contributed by atoms with Gasteiger partial charge < -0.3 is 24.3 Å². The lowest BCUT2D eigenvalue weighted by Crippen LogP contribution is -2.31. The Labute approximate surface area is 191 Å². The van der Waals surface area contributed by atoms with Crippen molar-refractivity contribution in [2.75, 3.05) is 32.8 Å². The van der Waals surface area contributed by atoms with Crippen molar-refractivity contribution in [3.63, 3.8) is 0 Å². The number of benzene rings is 2. The van der Waals surface area contributed by atoms with Gasteiger partial charge in [-0.2, -0.15) is 10.2 Å². The number of Topliss-reactive ketones (excluding diaryl/α,β-unsaturated/α-hetero) is 1. The molecule has 1 N–H and O–H groups in total. The number of nitrogens with one attached hydrogen (secondary N) is 1. The maximum absolute atomic E-state index is 12.7. The molecule has 32 heavy (non-hydrogen) atoms. The molecule has 172 valence electrons. The Morgan fingerprint density at radius 3 is 1.94 bits per heavy atom. The van der Waals surface area contributed by atoms with E-state index >= 15 is 0 Å². The number of halogens is 1. The molecule has 1 unspecified atom stereocenters. The molecule has 2 aromatic carbocycles. The topological polar surface area (TPSA) is 108 Å². The minimum atomic E-state index is -1.37. The van der Waals surface area contributed by atoms with Gasteiger partial charge in [-0.25, -0.2) is 0 Å². The van der Waals surface area contributed by atoms with Crippen molar-refractivity contribution >= 4 is 34.7 Å². The Kier molecular flexibility index (Phi) is 9.27. The summed E-state index contributed by atoms with van der Waals surface area (Å²) in [6, 6.07) is 6.66. The normalized spacial score (nSPS) is 11.7. The first-order valence-corrected chi connectivity index (χ1v) is 10.2. The van der Waals surface area contributed by atoms with Crippen LogP contribution >= 0.6 is 11.6 Å². The van der Waals surface area contributed by atoms with Gasteiger partial charge in [-0.15, -0.1) is 0 Å². The molecule has 1 amide bonds. The molecule has 0 aliphatic carbocycles. The van der Waals surface area contributed by atoms with E-state index in [0.29, 0.717) is 47.6 Å². The van der Waals surface area contributed by atoms with E-state index in [1.165, 1.54) is 33.3 Å². The summed E-state index contributed by atoms with van der Waals surface area (Å²) in [4.78, 5) is 24.9. The minimum Gasteiger partial charge on any atom is -0.495 e. The number of hydrogen-bond acceptors (Lipinski definition) is 8. The fraction of sp³-hybridized carbons (Fsp3) is 0.364. The molecule has 0 aliphatic heterocycles. The lowest BCUT2D eigenvalue weighted by Gasteiger charge is -2.13. The van der Waals surface area contributed by atoms with Crippen LogP contribution in [0.25, 0.3) is 0 Å². The quantitative estimate of drug-likeness (QED) is 0.377. The Morgan fingerprint density at radius 2 is 1.50 bits per heavy atom. The number of ketones is 1. The van der Waals surface area contributed by atoms with Gasteiger partial charge in [0.15, 0.2) is 5.78 Å². The van der Waals surface area contributed by atoms with Gasteiger partial charge in [0.2, 0.25) is 6.04 Å². The predicted molar refractivity (Wildman–Crippen MR) is 121 cm³/mol. The van der Waals surface area contributed by atoms with Crippen LogP contribution in [0.3, 0.4) is 0 Å². The molecule has 2 rings (SSSR count). The largest absolute Gasteiger partial charge is 0.495 e. The summed E-state index contributed by atoms with van der Waals surface area (Å²) in [6.07, 6.45) is 0. The van der Waals surface area contributed by atoms with Gasteiger partial charge >= 0.3 is 0 Å². The van der Waals surface area contributed by atoms with E-state index in [9.17, 15) is 9.59 Å². The first kappa shape index (κ1) is 24.9. The average Bonchev–Trinajstić information content (AvgIpc) is 2.75. The molecular formula is C22H26ClN3O6. The highest BCUT2D eigenvalue weighted by Gasteiger charge is 2.24. The molecule has 1 atom stereocenters. The minimum absolute atomic E-state index is 0.259. The lowest BCUT2D eigenvalue weighted by molar-refractivity contribution is -0.126. The molecule has 9 nitrogen and oxygen atoms in total. The van der Waals surface area contributed by atoms with Gasteiger partial charge in [0.25, 0.3) is 5.91 Å². The van der Waals surface area contributed by atoms with Gasteiger partial charge in [0.1, 0.15) is 28.0 Å². The molecule has 0 bridgehead atoms. The molecule has 0 aliphatic rings. The van der Waals surface area contributed by atoms with E-state index in [0.717, 1.165) is 0 Å². The van der Waals surface area contributed by atoms with Crippen LogP contribution in [0.4, 0.5) is 11.4 Å². The molecule has 0 saturated carbocycles. The van der Waals surface area contributed by atoms with Crippen LogP contribution in [-0.4, -0.2) is 45.2 Å². The van der Waals surface area contributed by atoms with Crippen LogP contribution < -0.4 is 24.3 Å². The van der Waals surface area contributed by atoms with Crippen LogP contribution in [0.1, 0.15) is 20.8 Å². The van der Waals surface area contributed by atoms with Crippen molar-refractivity contribution in [2.45, 2.75) is 26.8 Å². The highest BCUT2D eigenvalue weighted by atomic mass is 35.5. The van der Waals surface area contributed by atoms with Crippen molar-refractivity contribution in [1.82, 2.24) is 0 Å². The first-order valence-electron chi connectivity index (χ1n) is 9.87. The Balaban J connectivity index is 2.28. The van der Waals surface area contributed by atoms with Crippen LogP contribution in [0.15, 0.2) is 40.6 Å². The fourth-order valence-electron chi connectivity index (χ4n) is 2.71. The molecule has 0 radical (unpaired) electrons. The second-order valence-corrected chi connectivity index (χ2v) is 6.82. The Hall–Kier alpha value is -3.33. The maximum atomic E-state index is 12.7. The van der Waals surface area contributed by atoms with Gasteiger partial charge in [0.05, 0.1) is 33.1 Å². The number of carbonyl (C=O) groups is 2. The second kappa shape index (κ2) is 11.9. The fourth-order valence-corrected chi connectivity index (χ4v) is 2.97. The summed E-state index contributed by atoms with van der Waals surface area (Å²) in [6.45, 7) is 5.88. The van der Waals surface area contributed by atoms with E-state index in [4.69, 9.17) is 30.5 Å². The number of amides is 1. The molecule has 10 heteroatoms. The van der Waals surface area contributed by atoms with Crippen molar-refractivity contribution in [1.29, 1.82) is 0 Å². The Morgan fingerprint density at radius 1 is 0.969 bits per heavy atom. The Bertz CT molecular complexity index is 946. The van der Waals surface area contributed by atoms with E-state index < -0.39 is 17.7 Å². The molecule has 2 aromatic rings. The summed E-state index contributed by atoms with van der Waals surface area (Å²) in [5.41, 5.74) is 0.708. The van der Waals surface area contributed by atoms with E-state index in [2.05, 4.69) is 15.5 Å². The van der Waals surface area contributed by atoms with E-state index in [1.54, 1.807) is 18.2 Å². The SMILES string of the molecule is CCOc1cc(N=NC(C(C)=O)C(=O)Nc2cc(OC)c(Cl)c(OC)c2)cc(OCC)c1. The van der Waals surface area contributed by atoms with Gasteiger partial charge in [-0.1, -0.05) is 11.6 Å². The summed E-state index contributed by atoms with van der Waals surface area (Å²) >= 11 is 6.15. The summed E-state index contributed by atoms with van der Waals surface area (Å²) in [5.74, 6) is 0.536. The predicted octanol–water partition coefficient (Wildman–Crippen LogP) is 4.83. The monoisotopic (exact) mass is 463 g/mol. The van der Waals surface area contributed by atoms with Crippen molar-refractivity contribution < 1.29 is 28.5 Å². The third-order valence-electron chi connectivity index (χ3n) is 4.12. The highest BCUT2D eigenvalue weighted by Crippen LogP contribution is 2.37. The van der Waals surface area contributed by atoms with Gasteiger partial charge in [-0.05, 0) is 20.8 Å². The van der Waals surface area contributed by atoms with Gasteiger partial charge in [0, 0.05) is 36.0 Å². The molecule has 0 saturated heterocycles.